The summed E-state index contributed by atoms with van der Waals surface area (Å²) in [6.45, 7) is 1.39. The molecule has 0 amide bonds. The Morgan fingerprint density at radius 2 is 1.81 bits per heavy atom. The van der Waals surface area contributed by atoms with Crippen LogP contribution in [0.3, 0.4) is 0 Å². The predicted molar refractivity (Wildman–Crippen MR) is 87.5 cm³/mol. The first kappa shape index (κ1) is 14.2. The first-order chi connectivity index (χ1) is 10.3. The molecule has 0 aliphatic carbocycles. The highest BCUT2D eigenvalue weighted by molar-refractivity contribution is 9.10. The average Bonchev–Trinajstić information content (AvgIpc) is 2.88. The molecule has 3 rings (SSSR count). The summed E-state index contributed by atoms with van der Waals surface area (Å²) >= 11 is 3.40. The Bertz CT molecular complexity index is 734. The molecular formula is C17H16BrNO2. The lowest BCUT2D eigenvalue weighted by atomic mass is 10.2. The molecule has 0 radical (unpaired) electrons. The van der Waals surface area contributed by atoms with Gasteiger partial charge in [0.05, 0.1) is 13.2 Å². The zero-order valence-corrected chi connectivity index (χ0v) is 13.1. The van der Waals surface area contributed by atoms with E-state index in [1.165, 1.54) is 0 Å². The molecule has 1 N–H and O–H groups in total. The summed E-state index contributed by atoms with van der Waals surface area (Å²) < 4.78 is 8.92. The minimum atomic E-state index is 0.0566. The van der Waals surface area contributed by atoms with Crippen LogP contribution in [0, 0.1) is 0 Å². The van der Waals surface area contributed by atoms with Gasteiger partial charge in [-0.3, -0.25) is 0 Å². The van der Waals surface area contributed by atoms with Gasteiger partial charge in [0.25, 0.3) is 0 Å². The Hall–Kier alpha value is -1.78. The molecule has 3 nitrogen and oxygen atoms in total. The van der Waals surface area contributed by atoms with Gasteiger partial charge in [-0.25, -0.2) is 0 Å². The number of hydrogen-bond donors (Lipinski definition) is 1. The van der Waals surface area contributed by atoms with E-state index in [0.717, 1.165) is 33.2 Å². The Kier molecular flexibility index (Phi) is 4.27. The summed E-state index contributed by atoms with van der Waals surface area (Å²) in [5.74, 6) is 0.858. The molecule has 0 fully saturated rings. The van der Waals surface area contributed by atoms with Crippen LogP contribution in [-0.2, 0) is 13.2 Å². The van der Waals surface area contributed by atoms with Gasteiger partial charge in [0.2, 0.25) is 0 Å². The van der Waals surface area contributed by atoms with Crippen LogP contribution in [0.25, 0.3) is 10.9 Å². The van der Waals surface area contributed by atoms with E-state index < -0.39 is 0 Å². The number of para-hydroxylation sites is 1. The van der Waals surface area contributed by atoms with E-state index in [-0.39, 0.29) is 6.61 Å². The highest BCUT2D eigenvalue weighted by Gasteiger charge is 2.06. The van der Waals surface area contributed by atoms with Crippen molar-refractivity contribution in [1.82, 2.24) is 4.57 Å². The fraction of sp³-hybridized carbons (Fsp3) is 0.176. The molecule has 0 aliphatic rings. The van der Waals surface area contributed by atoms with Gasteiger partial charge in [0.15, 0.2) is 0 Å². The fourth-order valence-corrected chi connectivity index (χ4v) is 2.69. The van der Waals surface area contributed by atoms with Crippen molar-refractivity contribution < 1.29 is 9.84 Å². The third-order valence-corrected chi connectivity index (χ3v) is 3.98. The molecule has 0 saturated carbocycles. The molecule has 1 heterocycles. The van der Waals surface area contributed by atoms with Crippen molar-refractivity contribution in [1.29, 1.82) is 0 Å². The summed E-state index contributed by atoms with van der Waals surface area (Å²) in [6, 6.07) is 15.9. The van der Waals surface area contributed by atoms with Gasteiger partial charge in [-0.05, 0) is 30.3 Å². The largest absolute Gasteiger partial charge is 0.492 e. The summed E-state index contributed by atoms with van der Waals surface area (Å²) in [6.07, 6.45) is 2.00. The Morgan fingerprint density at radius 1 is 1.05 bits per heavy atom. The molecule has 2 aromatic carbocycles. The van der Waals surface area contributed by atoms with Gasteiger partial charge < -0.3 is 14.4 Å². The Labute approximate surface area is 131 Å². The molecule has 0 atom stereocenters. The van der Waals surface area contributed by atoms with Crippen molar-refractivity contribution in [3.05, 3.63) is 64.8 Å². The van der Waals surface area contributed by atoms with E-state index in [0.29, 0.717) is 6.61 Å². The van der Waals surface area contributed by atoms with Crippen molar-refractivity contribution in [2.75, 3.05) is 6.61 Å². The van der Waals surface area contributed by atoms with Gasteiger partial charge in [0, 0.05) is 27.1 Å². The maximum atomic E-state index is 9.43. The van der Waals surface area contributed by atoms with E-state index in [4.69, 9.17) is 4.74 Å². The van der Waals surface area contributed by atoms with Gasteiger partial charge in [-0.1, -0.05) is 34.1 Å². The molecule has 0 spiro atoms. The second-order valence-corrected chi connectivity index (χ2v) is 5.74. The minimum absolute atomic E-state index is 0.0566. The molecule has 0 unspecified atom stereocenters. The minimum Gasteiger partial charge on any atom is -0.492 e. The molecule has 0 saturated heterocycles. The highest BCUT2D eigenvalue weighted by atomic mass is 79.9. The quantitative estimate of drug-likeness (QED) is 0.758. The van der Waals surface area contributed by atoms with Crippen molar-refractivity contribution >= 4 is 26.8 Å². The number of nitrogens with zero attached hydrogens (tertiary/aromatic N) is 1. The molecule has 0 bridgehead atoms. The summed E-state index contributed by atoms with van der Waals surface area (Å²) in [7, 11) is 0. The van der Waals surface area contributed by atoms with Gasteiger partial charge >= 0.3 is 0 Å². The molecule has 1 aromatic heterocycles. The van der Waals surface area contributed by atoms with Crippen LogP contribution in [0.2, 0.25) is 0 Å². The molecule has 4 heteroatoms. The van der Waals surface area contributed by atoms with Crippen LogP contribution in [0.15, 0.2) is 59.2 Å². The second-order valence-electron chi connectivity index (χ2n) is 4.83. The second kappa shape index (κ2) is 6.33. The first-order valence-corrected chi connectivity index (χ1v) is 7.63. The predicted octanol–water partition coefficient (Wildman–Crippen LogP) is 3.98. The van der Waals surface area contributed by atoms with E-state index in [9.17, 15) is 5.11 Å². The van der Waals surface area contributed by atoms with Crippen LogP contribution in [-0.4, -0.2) is 16.3 Å². The number of hydrogen-bond acceptors (Lipinski definition) is 2. The fourth-order valence-electron chi connectivity index (χ4n) is 2.43. The molecule has 108 valence electrons. The van der Waals surface area contributed by atoms with Crippen molar-refractivity contribution in [3.8, 4) is 5.75 Å². The van der Waals surface area contributed by atoms with Crippen molar-refractivity contribution in [2.45, 2.75) is 13.2 Å². The van der Waals surface area contributed by atoms with Gasteiger partial charge in [-0.15, -0.1) is 0 Å². The first-order valence-electron chi connectivity index (χ1n) is 6.84. The van der Waals surface area contributed by atoms with E-state index in [1.807, 2.05) is 48.7 Å². The lowest BCUT2D eigenvalue weighted by molar-refractivity contribution is 0.281. The average molecular weight is 346 g/mol. The van der Waals surface area contributed by atoms with Gasteiger partial charge in [0.1, 0.15) is 12.4 Å². The van der Waals surface area contributed by atoms with Crippen LogP contribution in [0.4, 0.5) is 0 Å². The zero-order chi connectivity index (χ0) is 14.7. The molecular weight excluding hydrogens is 330 g/mol. The zero-order valence-electron chi connectivity index (χ0n) is 11.5. The number of rotatable bonds is 5. The topological polar surface area (TPSA) is 34.4 Å². The third-order valence-electron chi connectivity index (χ3n) is 3.46. The molecule has 0 aliphatic heterocycles. The molecule has 3 aromatic rings. The maximum Gasteiger partial charge on any atom is 0.119 e. The number of benzene rings is 2. The van der Waals surface area contributed by atoms with Gasteiger partial charge in [-0.2, -0.15) is 0 Å². The summed E-state index contributed by atoms with van der Waals surface area (Å²) in [5, 5.41) is 10.5. The summed E-state index contributed by atoms with van der Waals surface area (Å²) in [5.41, 5.74) is 2.08. The van der Waals surface area contributed by atoms with E-state index in [1.54, 1.807) is 0 Å². The number of fused-ring (bicyclic) bond motifs is 1. The standard InChI is InChI=1S/C17H16BrNO2/c18-14-5-7-15(8-6-14)21-10-9-19-11-13(12-20)16-3-1-2-4-17(16)19/h1-8,11,20H,9-10,12H2. The van der Waals surface area contributed by atoms with Crippen molar-refractivity contribution in [3.63, 3.8) is 0 Å². The number of aliphatic hydroxyl groups is 1. The van der Waals surface area contributed by atoms with Crippen LogP contribution in [0.1, 0.15) is 5.56 Å². The lowest BCUT2D eigenvalue weighted by Gasteiger charge is -2.08. The van der Waals surface area contributed by atoms with E-state index in [2.05, 4.69) is 26.6 Å². The monoisotopic (exact) mass is 345 g/mol. The Balaban J connectivity index is 1.72. The maximum absolute atomic E-state index is 9.43. The summed E-state index contributed by atoms with van der Waals surface area (Å²) in [4.78, 5) is 0. The SMILES string of the molecule is OCc1cn(CCOc2ccc(Br)cc2)c2ccccc12. The molecule has 21 heavy (non-hydrogen) atoms. The van der Waals surface area contributed by atoms with Crippen molar-refractivity contribution in [2.24, 2.45) is 0 Å². The smallest absolute Gasteiger partial charge is 0.119 e. The number of aliphatic hydroxyl groups excluding tert-OH is 1. The normalized spacial score (nSPS) is 11.0. The number of ether oxygens (including phenoxy) is 1. The highest BCUT2D eigenvalue weighted by Crippen LogP contribution is 2.21. The van der Waals surface area contributed by atoms with Crippen LogP contribution < -0.4 is 4.74 Å². The van der Waals surface area contributed by atoms with Crippen LogP contribution >= 0.6 is 15.9 Å². The number of aromatic nitrogens is 1. The lowest BCUT2D eigenvalue weighted by Crippen LogP contribution is -2.07. The van der Waals surface area contributed by atoms with Crippen LogP contribution in [0.5, 0.6) is 5.75 Å². The number of halogens is 1. The van der Waals surface area contributed by atoms with E-state index >= 15 is 0 Å². The third kappa shape index (κ3) is 3.12. The Morgan fingerprint density at radius 3 is 2.57 bits per heavy atom.